The molecule has 0 bridgehead atoms. The van der Waals surface area contributed by atoms with Gasteiger partial charge in [0, 0.05) is 0 Å². The standard InChI is InChI=1S/C12H14O7.K/c13-8-5-18-12(10(15)9(8)14)19-7-3-1-6(2-4-7)11(16)17;/h1-4,8-10,12-15H,5H2,(H,16,17);/q;+1/p-1/t8-,9+,10-,12+;/m1./s1. The van der Waals surface area contributed by atoms with Crippen LogP contribution in [0.25, 0.3) is 0 Å². The molecule has 1 aliphatic rings. The van der Waals surface area contributed by atoms with Crippen LogP contribution in [0.3, 0.4) is 0 Å². The summed E-state index contributed by atoms with van der Waals surface area (Å²) in [5.41, 5.74) is -0.00656. The van der Waals surface area contributed by atoms with Gasteiger partial charge in [0.15, 0.2) is 0 Å². The molecular formula is C12H13KO7. The van der Waals surface area contributed by atoms with E-state index in [0.717, 1.165) is 0 Å². The number of benzene rings is 1. The van der Waals surface area contributed by atoms with E-state index in [1.807, 2.05) is 0 Å². The predicted octanol–water partition coefficient (Wildman–Crippen LogP) is -5.13. The summed E-state index contributed by atoms with van der Waals surface area (Å²) < 4.78 is 10.3. The summed E-state index contributed by atoms with van der Waals surface area (Å²) in [6.07, 6.45) is -5.06. The number of hydrogen-bond acceptors (Lipinski definition) is 7. The average molecular weight is 308 g/mol. The van der Waals surface area contributed by atoms with Gasteiger partial charge >= 0.3 is 51.4 Å². The molecule has 7 nitrogen and oxygen atoms in total. The van der Waals surface area contributed by atoms with Crippen LogP contribution in [0, 0.1) is 0 Å². The van der Waals surface area contributed by atoms with Gasteiger partial charge in [0.1, 0.15) is 24.1 Å². The third-order valence-corrected chi connectivity index (χ3v) is 2.80. The molecule has 0 spiro atoms. The van der Waals surface area contributed by atoms with E-state index in [1.165, 1.54) is 24.3 Å². The fraction of sp³-hybridized carbons (Fsp3) is 0.417. The number of aliphatic hydroxyl groups excluding tert-OH is 3. The molecule has 1 aromatic carbocycles. The van der Waals surface area contributed by atoms with Gasteiger partial charge in [0.25, 0.3) is 0 Å². The molecule has 8 heteroatoms. The number of ether oxygens (including phenoxy) is 2. The minimum atomic E-state index is -1.40. The summed E-state index contributed by atoms with van der Waals surface area (Å²) in [5.74, 6) is -1.04. The Kier molecular flexibility index (Phi) is 7.05. The number of aliphatic hydroxyl groups is 3. The van der Waals surface area contributed by atoms with E-state index in [0.29, 0.717) is 0 Å². The first kappa shape index (κ1) is 18.0. The summed E-state index contributed by atoms with van der Waals surface area (Å²) in [6.45, 7) is -0.167. The molecule has 1 fully saturated rings. The van der Waals surface area contributed by atoms with Crippen LogP contribution in [0.1, 0.15) is 10.4 Å². The maximum atomic E-state index is 10.6. The van der Waals surface area contributed by atoms with Crippen molar-refractivity contribution >= 4 is 5.97 Å². The minimum Gasteiger partial charge on any atom is -0.545 e. The van der Waals surface area contributed by atoms with E-state index < -0.39 is 30.6 Å². The van der Waals surface area contributed by atoms with Crippen LogP contribution >= 0.6 is 0 Å². The fourth-order valence-corrected chi connectivity index (χ4v) is 1.69. The van der Waals surface area contributed by atoms with Crippen LogP contribution in [0.5, 0.6) is 5.75 Å². The second-order valence-electron chi connectivity index (χ2n) is 4.18. The first-order valence-corrected chi connectivity index (χ1v) is 5.63. The van der Waals surface area contributed by atoms with Crippen LogP contribution in [0.15, 0.2) is 24.3 Å². The second kappa shape index (κ2) is 7.83. The number of carboxylic acids is 1. The molecule has 3 N–H and O–H groups in total. The maximum Gasteiger partial charge on any atom is 1.00 e. The molecule has 1 aromatic rings. The maximum absolute atomic E-state index is 10.6. The molecule has 0 unspecified atom stereocenters. The van der Waals surface area contributed by atoms with Gasteiger partial charge in [-0.05, 0) is 29.8 Å². The van der Waals surface area contributed by atoms with Crippen molar-refractivity contribution in [1.82, 2.24) is 0 Å². The first-order chi connectivity index (χ1) is 8.99. The molecule has 0 radical (unpaired) electrons. The zero-order valence-electron chi connectivity index (χ0n) is 10.8. The quantitative estimate of drug-likeness (QED) is 0.478. The van der Waals surface area contributed by atoms with Gasteiger partial charge in [-0.2, -0.15) is 0 Å². The van der Waals surface area contributed by atoms with Crippen molar-refractivity contribution in [3.63, 3.8) is 0 Å². The third-order valence-electron chi connectivity index (χ3n) is 2.80. The molecule has 20 heavy (non-hydrogen) atoms. The van der Waals surface area contributed by atoms with Crippen LogP contribution in [-0.4, -0.2) is 52.5 Å². The van der Waals surface area contributed by atoms with Crippen molar-refractivity contribution in [2.45, 2.75) is 24.6 Å². The van der Waals surface area contributed by atoms with Crippen LogP contribution in [-0.2, 0) is 4.74 Å². The monoisotopic (exact) mass is 308 g/mol. The number of carboxylic acid groups (broad SMARTS) is 1. The average Bonchev–Trinajstić information content (AvgIpc) is 2.40. The number of hydrogen-bond donors (Lipinski definition) is 3. The Labute approximate surface area is 157 Å². The third kappa shape index (κ3) is 4.23. The van der Waals surface area contributed by atoms with Gasteiger partial charge in [-0.3, -0.25) is 0 Å². The molecular weight excluding hydrogens is 295 g/mol. The molecule has 0 aliphatic carbocycles. The van der Waals surface area contributed by atoms with Crippen molar-refractivity contribution in [3.05, 3.63) is 29.8 Å². The molecule has 0 amide bonds. The number of carbonyl (C=O) groups excluding carboxylic acids is 1. The van der Waals surface area contributed by atoms with Gasteiger partial charge in [-0.1, -0.05) is 0 Å². The van der Waals surface area contributed by atoms with E-state index in [1.54, 1.807) is 0 Å². The molecule has 4 atom stereocenters. The smallest absolute Gasteiger partial charge is 0.545 e. The normalized spacial score (nSPS) is 29.4. The molecule has 2 rings (SSSR count). The van der Waals surface area contributed by atoms with Crippen molar-refractivity contribution in [2.24, 2.45) is 0 Å². The summed E-state index contributed by atoms with van der Waals surface area (Å²) in [5, 5.41) is 38.9. The van der Waals surface area contributed by atoms with Crippen LogP contribution in [0.2, 0.25) is 0 Å². The first-order valence-electron chi connectivity index (χ1n) is 5.63. The Morgan fingerprint density at radius 1 is 1.20 bits per heavy atom. The van der Waals surface area contributed by atoms with E-state index in [4.69, 9.17) is 9.47 Å². The van der Waals surface area contributed by atoms with Gasteiger partial charge in [-0.15, -0.1) is 0 Å². The van der Waals surface area contributed by atoms with Gasteiger partial charge in [-0.25, -0.2) is 0 Å². The number of carbonyl (C=O) groups is 1. The van der Waals surface area contributed by atoms with E-state index in [2.05, 4.69) is 0 Å². The topological polar surface area (TPSA) is 119 Å². The Balaban J connectivity index is 0.00000200. The van der Waals surface area contributed by atoms with E-state index in [9.17, 15) is 25.2 Å². The van der Waals surface area contributed by atoms with Crippen LogP contribution in [0.4, 0.5) is 0 Å². The molecule has 1 aliphatic heterocycles. The van der Waals surface area contributed by atoms with Gasteiger partial charge in [0.2, 0.25) is 6.29 Å². The summed E-state index contributed by atoms with van der Waals surface area (Å²) in [4.78, 5) is 10.6. The Bertz CT molecular complexity index is 450. The molecule has 0 saturated carbocycles. The molecule has 1 heterocycles. The summed E-state index contributed by atoms with van der Waals surface area (Å²) >= 11 is 0. The summed E-state index contributed by atoms with van der Waals surface area (Å²) in [6, 6.07) is 5.31. The largest absolute Gasteiger partial charge is 1.00 e. The Morgan fingerprint density at radius 3 is 2.35 bits per heavy atom. The van der Waals surface area contributed by atoms with Gasteiger partial charge < -0.3 is 34.7 Å². The van der Waals surface area contributed by atoms with Gasteiger partial charge in [0.05, 0.1) is 12.6 Å². The Morgan fingerprint density at radius 2 is 1.80 bits per heavy atom. The minimum absolute atomic E-state index is 0. The second-order valence-corrected chi connectivity index (χ2v) is 4.18. The molecule has 0 aromatic heterocycles. The van der Waals surface area contributed by atoms with Crippen molar-refractivity contribution in [1.29, 1.82) is 0 Å². The van der Waals surface area contributed by atoms with Crippen molar-refractivity contribution in [3.8, 4) is 5.75 Å². The number of rotatable bonds is 3. The fourth-order valence-electron chi connectivity index (χ4n) is 1.69. The Hall–Kier alpha value is -0.0336. The van der Waals surface area contributed by atoms with Crippen LogP contribution < -0.4 is 61.2 Å². The summed E-state index contributed by atoms with van der Waals surface area (Å²) in [7, 11) is 0. The SMILES string of the molecule is O=C([O-])c1ccc(O[C@@H]2OC[C@@H](O)[C@H](O)[C@H]2O)cc1.[K+]. The molecule has 1 saturated heterocycles. The zero-order chi connectivity index (χ0) is 14.0. The van der Waals surface area contributed by atoms with Crippen molar-refractivity contribution in [2.75, 3.05) is 6.61 Å². The van der Waals surface area contributed by atoms with E-state index >= 15 is 0 Å². The molecule has 104 valence electrons. The van der Waals surface area contributed by atoms with Crippen molar-refractivity contribution < 1.29 is 86.1 Å². The zero-order valence-corrected chi connectivity index (χ0v) is 13.9. The number of aromatic carboxylic acids is 1. The van der Waals surface area contributed by atoms with E-state index in [-0.39, 0.29) is 69.3 Å². The predicted molar refractivity (Wildman–Crippen MR) is 59.2 cm³/mol.